The number of halogens is 1. The van der Waals surface area contributed by atoms with Gasteiger partial charge in [0.25, 0.3) is 0 Å². The number of fused-ring (bicyclic) bond motifs is 1. The fourth-order valence-corrected chi connectivity index (χ4v) is 3.70. The second-order valence-corrected chi connectivity index (χ2v) is 7.03. The summed E-state index contributed by atoms with van der Waals surface area (Å²) in [5, 5.41) is 16.1. The highest BCUT2D eigenvalue weighted by atomic mass is 35.5. The van der Waals surface area contributed by atoms with Crippen molar-refractivity contribution in [2.75, 3.05) is 5.32 Å². The number of anilines is 1. The summed E-state index contributed by atoms with van der Waals surface area (Å²) in [7, 11) is 0. The highest BCUT2D eigenvalue weighted by molar-refractivity contribution is 7.17. The van der Waals surface area contributed by atoms with E-state index >= 15 is 0 Å². The molecule has 0 spiro atoms. The van der Waals surface area contributed by atoms with Gasteiger partial charge < -0.3 is 10.4 Å². The lowest BCUT2D eigenvalue weighted by Gasteiger charge is -2.15. The van der Waals surface area contributed by atoms with Crippen molar-refractivity contribution in [3.8, 4) is 11.1 Å². The molecule has 0 aliphatic carbocycles. The van der Waals surface area contributed by atoms with Crippen molar-refractivity contribution < 1.29 is 9.90 Å². The van der Waals surface area contributed by atoms with Gasteiger partial charge in [-0.05, 0) is 24.1 Å². The number of benzene rings is 1. The van der Waals surface area contributed by atoms with Gasteiger partial charge in [-0.1, -0.05) is 43.5 Å². The van der Waals surface area contributed by atoms with Gasteiger partial charge in [0.05, 0.1) is 5.39 Å². The Labute approximate surface area is 154 Å². The maximum Gasteiger partial charge on any atom is 0.326 e. The molecule has 2 aromatic heterocycles. The van der Waals surface area contributed by atoms with Crippen LogP contribution in [0.25, 0.3) is 21.3 Å². The molecule has 2 N–H and O–H groups in total. The van der Waals surface area contributed by atoms with Crippen molar-refractivity contribution in [3.05, 3.63) is 41.0 Å². The van der Waals surface area contributed by atoms with Crippen LogP contribution in [0.15, 0.2) is 36.0 Å². The predicted octanol–water partition coefficient (Wildman–Crippen LogP) is 5.07. The molecule has 1 unspecified atom stereocenters. The fourth-order valence-electron chi connectivity index (χ4n) is 2.66. The third-order valence-corrected chi connectivity index (χ3v) is 5.12. The zero-order valence-electron chi connectivity index (χ0n) is 13.7. The van der Waals surface area contributed by atoms with Crippen LogP contribution in [-0.2, 0) is 4.79 Å². The molecule has 3 rings (SSSR count). The SMILES string of the molecule is CCCCC(Nc1ncnc2scc(-c3ccc(Cl)cc3)c12)C(=O)O. The normalized spacial score (nSPS) is 12.2. The van der Waals surface area contributed by atoms with Crippen molar-refractivity contribution in [1.29, 1.82) is 0 Å². The maximum absolute atomic E-state index is 11.6. The Kier molecular flexibility index (Phi) is 5.50. The Morgan fingerprint density at radius 3 is 2.76 bits per heavy atom. The quantitative estimate of drug-likeness (QED) is 0.603. The van der Waals surface area contributed by atoms with Crippen LogP contribution in [0.3, 0.4) is 0 Å². The number of hydrogen-bond donors (Lipinski definition) is 2. The first kappa shape index (κ1) is 17.6. The molecule has 5 nitrogen and oxygen atoms in total. The van der Waals surface area contributed by atoms with E-state index in [-0.39, 0.29) is 0 Å². The molecule has 2 heterocycles. The summed E-state index contributed by atoms with van der Waals surface area (Å²) >= 11 is 7.48. The molecule has 130 valence electrons. The summed E-state index contributed by atoms with van der Waals surface area (Å²) in [4.78, 5) is 21.0. The van der Waals surface area contributed by atoms with Crippen molar-refractivity contribution >= 4 is 44.9 Å². The minimum absolute atomic E-state index is 0.553. The van der Waals surface area contributed by atoms with Crippen LogP contribution in [0, 0.1) is 0 Å². The standard InChI is InChI=1S/C18H18ClN3O2S/c1-2-3-4-14(18(23)24)22-16-15-13(9-25-17(15)21-10-20-16)11-5-7-12(19)8-6-11/h5-10,14H,2-4H2,1H3,(H,23,24)(H,20,21,22). The van der Waals surface area contributed by atoms with E-state index in [1.54, 1.807) is 0 Å². The maximum atomic E-state index is 11.6. The number of thiophene rings is 1. The summed E-state index contributed by atoms with van der Waals surface area (Å²) in [5.74, 6) is -0.316. The van der Waals surface area contributed by atoms with Crippen LogP contribution >= 0.6 is 22.9 Å². The number of carbonyl (C=O) groups is 1. The fraction of sp³-hybridized carbons (Fsp3) is 0.278. The van der Waals surface area contributed by atoms with Gasteiger partial charge in [0.2, 0.25) is 0 Å². The average Bonchev–Trinajstić information content (AvgIpc) is 3.04. The van der Waals surface area contributed by atoms with Crippen molar-refractivity contribution in [2.45, 2.75) is 32.2 Å². The average molecular weight is 376 g/mol. The summed E-state index contributed by atoms with van der Waals surface area (Å²) in [5.41, 5.74) is 1.97. The first-order valence-corrected chi connectivity index (χ1v) is 9.33. The number of carboxylic acids is 1. The zero-order chi connectivity index (χ0) is 17.8. The minimum atomic E-state index is -0.872. The van der Waals surface area contributed by atoms with E-state index in [1.165, 1.54) is 17.7 Å². The number of unbranched alkanes of at least 4 members (excludes halogenated alkanes) is 1. The molecule has 3 aromatic rings. The van der Waals surface area contributed by atoms with Crippen LogP contribution in [0.1, 0.15) is 26.2 Å². The predicted molar refractivity (Wildman–Crippen MR) is 102 cm³/mol. The lowest BCUT2D eigenvalue weighted by molar-refractivity contribution is -0.138. The summed E-state index contributed by atoms with van der Waals surface area (Å²) in [6.07, 6.45) is 3.80. The number of aliphatic carboxylic acids is 1. The van der Waals surface area contributed by atoms with Crippen molar-refractivity contribution in [3.63, 3.8) is 0 Å². The molecule has 25 heavy (non-hydrogen) atoms. The number of nitrogens with one attached hydrogen (secondary N) is 1. The zero-order valence-corrected chi connectivity index (χ0v) is 15.3. The van der Waals surface area contributed by atoms with Gasteiger partial charge in [-0.3, -0.25) is 0 Å². The molecule has 0 fully saturated rings. The van der Waals surface area contributed by atoms with Crippen molar-refractivity contribution in [1.82, 2.24) is 9.97 Å². The van der Waals surface area contributed by atoms with Gasteiger partial charge in [-0.2, -0.15) is 0 Å². The van der Waals surface area contributed by atoms with Gasteiger partial charge in [-0.25, -0.2) is 14.8 Å². The minimum Gasteiger partial charge on any atom is -0.480 e. The topological polar surface area (TPSA) is 75.1 Å². The molecule has 7 heteroatoms. The van der Waals surface area contributed by atoms with Gasteiger partial charge in [0.15, 0.2) is 0 Å². The highest BCUT2D eigenvalue weighted by Crippen LogP contribution is 2.37. The number of hydrogen-bond acceptors (Lipinski definition) is 5. The second kappa shape index (κ2) is 7.80. The molecule has 0 aliphatic heterocycles. The Hall–Kier alpha value is -2.18. The Morgan fingerprint density at radius 1 is 1.32 bits per heavy atom. The summed E-state index contributed by atoms with van der Waals surface area (Å²) in [6, 6.07) is 6.87. The summed E-state index contributed by atoms with van der Waals surface area (Å²) < 4.78 is 0. The number of rotatable bonds is 7. The van der Waals surface area contributed by atoms with E-state index in [0.29, 0.717) is 17.3 Å². The molecular weight excluding hydrogens is 358 g/mol. The highest BCUT2D eigenvalue weighted by Gasteiger charge is 2.20. The van der Waals surface area contributed by atoms with E-state index in [0.717, 1.165) is 34.2 Å². The van der Waals surface area contributed by atoms with E-state index in [9.17, 15) is 9.90 Å². The Morgan fingerprint density at radius 2 is 2.08 bits per heavy atom. The first-order valence-electron chi connectivity index (χ1n) is 8.07. The van der Waals surface area contributed by atoms with Crippen LogP contribution in [0.4, 0.5) is 5.82 Å². The smallest absolute Gasteiger partial charge is 0.326 e. The van der Waals surface area contributed by atoms with Crippen LogP contribution in [0.5, 0.6) is 0 Å². The molecule has 0 saturated carbocycles. The van der Waals surface area contributed by atoms with Crippen LogP contribution < -0.4 is 5.32 Å². The number of carboxylic acid groups (broad SMARTS) is 1. The first-order chi connectivity index (χ1) is 12.1. The van der Waals surface area contributed by atoms with E-state index in [4.69, 9.17) is 11.6 Å². The molecule has 0 aliphatic rings. The molecule has 0 amide bonds. The third kappa shape index (κ3) is 3.91. The second-order valence-electron chi connectivity index (χ2n) is 5.74. The van der Waals surface area contributed by atoms with Gasteiger partial charge in [-0.15, -0.1) is 11.3 Å². The molecule has 0 bridgehead atoms. The molecule has 0 saturated heterocycles. The Bertz CT molecular complexity index is 880. The van der Waals surface area contributed by atoms with Gasteiger partial charge in [0.1, 0.15) is 23.0 Å². The van der Waals surface area contributed by atoms with Crippen LogP contribution in [0.2, 0.25) is 5.02 Å². The Balaban J connectivity index is 2.02. The van der Waals surface area contributed by atoms with Crippen molar-refractivity contribution in [2.24, 2.45) is 0 Å². The lowest BCUT2D eigenvalue weighted by Crippen LogP contribution is -2.29. The lowest BCUT2D eigenvalue weighted by atomic mass is 10.1. The molecule has 1 aromatic carbocycles. The van der Waals surface area contributed by atoms with Crippen LogP contribution in [-0.4, -0.2) is 27.1 Å². The van der Waals surface area contributed by atoms with E-state index < -0.39 is 12.0 Å². The van der Waals surface area contributed by atoms with Gasteiger partial charge in [0, 0.05) is 16.0 Å². The van der Waals surface area contributed by atoms with Gasteiger partial charge >= 0.3 is 5.97 Å². The van der Waals surface area contributed by atoms with E-state index in [1.807, 2.05) is 36.6 Å². The third-order valence-electron chi connectivity index (χ3n) is 3.98. The van der Waals surface area contributed by atoms with E-state index in [2.05, 4.69) is 15.3 Å². The largest absolute Gasteiger partial charge is 0.480 e. The molecular formula is C18H18ClN3O2S. The summed E-state index contributed by atoms with van der Waals surface area (Å²) in [6.45, 7) is 2.04. The molecule has 0 radical (unpaired) electrons. The molecule has 1 atom stereocenters. The number of nitrogens with zero attached hydrogens (tertiary/aromatic N) is 2. The monoisotopic (exact) mass is 375 g/mol. The number of aromatic nitrogens is 2.